The van der Waals surface area contributed by atoms with Gasteiger partial charge >= 0.3 is 0 Å². The second kappa shape index (κ2) is 9.96. The van der Waals surface area contributed by atoms with Crippen molar-refractivity contribution in [3.63, 3.8) is 0 Å². The lowest BCUT2D eigenvalue weighted by Crippen LogP contribution is -2.60. The van der Waals surface area contributed by atoms with Crippen molar-refractivity contribution in [3.05, 3.63) is 86.2 Å². The lowest BCUT2D eigenvalue weighted by Gasteiger charge is -2.47. The average molecular weight is 587 g/mol. The van der Waals surface area contributed by atoms with Crippen LogP contribution in [0.5, 0.6) is 5.75 Å². The van der Waals surface area contributed by atoms with Crippen molar-refractivity contribution < 1.29 is 18.8 Å². The van der Waals surface area contributed by atoms with E-state index in [0.717, 1.165) is 30.2 Å². The highest BCUT2D eigenvalue weighted by atomic mass is 35.5. The summed E-state index contributed by atoms with van der Waals surface area (Å²) in [7, 11) is 0. The van der Waals surface area contributed by atoms with Gasteiger partial charge in [0.2, 0.25) is 0 Å². The summed E-state index contributed by atoms with van der Waals surface area (Å²) in [4.78, 5) is 9.60. The van der Waals surface area contributed by atoms with E-state index in [1.807, 2.05) is 6.07 Å². The molecule has 1 N–H and O–H groups in total. The summed E-state index contributed by atoms with van der Waals surface area (Å²) in [6.07, 6.45) is 6.28. The number of anilines is 1. The Balaban J connectivity index is 1.19. The molecule has 0 amide bonds. The highest BCUT2D eigenvalue weighted by Crippen LogP contribution is 2.46. The summed E-state index contributed by atoms with van der Waals surface area (Å²) in [5.41, 5.74) is 1.10. The monoisotopic (exact) mass is 585 g/mol. The van der Waals surface area contributed by atoms with Crippen LogP contribution in [0.4, 0.5) is 10.2 Å². The van der Waals surface area contributed by atoms with Crippen molar-refractivity contribution in [1.82, 2.24) is 15.1 Å². The van der Waals surface area contributed by atoms with Gasteiger partial charge in [0.1, 0.15) is 35.5 Å². The number of aromatic nitrogens is 3. The van der Waals surface area contributed by atoms with Crippen LogP contribution in [0.25, 0.3) is 11.3 Å². The Hall–Kier alpha value is -3.42. The van der Waals surface area contributed by atoms with Gasteiger partial charge in [0.15, 0.2) is 11.6 Å². The lowest BCUT2D eigenvalue weighted by atomic mass is 9.86. The van der Waals surface area contributed by atoms with E-state index in [1.54, 1.807) is 23.1 Å². The van der Waals surface area contributed by atoms with E-state index in [4.69, 9.17) is 49.3 Å². The van der Waals surface area contributed by atoms with Crippen LogP contribution in [-0.2, 0) is 12.2 Å². The van der Waals surface area contributed by atoms with Crippen LogP contribution in [-0.4, -0.2) is 33.3 Å². The summed E-state index contributed by atoms with van der Waals surface area (Å²) >= 11 is 19.3. The van der Waals surface area contributed by atoms with Gasteiger partial charge in [-0.25, -0.2) is 9.37 Å². The number of aliphatic hydroxyl groups is 1. The van der Waals surface area contributed by atoms with Crippen LogP contribution >= 0.6 is 34.8 Å². The second-order valence-electron chi connectivity index (χ2n) is 9.59. The maximum absolute atomic E-state index is 14.4. The molecule has 3 aromatic heterocycles. The van der Waals surface area contributed by atoms with Gasteiger partial charge < -0.3 is 19.3 Å². The number of nitriles is 1. The molecule has 2 fully saturated rings. The lowest BCUT2D eigenvalue weighted by molar-refractivity contribution is 0.00672. The molecule has 12 heteroatoms. The average Bonchev–Trinajstić information content (AvgIpc) is 3.66. The molecule has 0 spiro atoms. The van der Waals surface area contributed by atoms with Gasteiger partial charge in [-0.3, -0.25) is 4.98 Å². The third kappa shape index (κ3) is 4.79. The zero-order valence-electron chi connectivity index (χ0n) is 20.2. The van der Waals surface area contributed by atoms with Gasteiger partial charge in [-0.15, -0.1) is 0 Å². The molecule has 4 aromatic rings. The molecule has 198 valence electrons. The molecule has 0 atom stereocenters. The number of halogens is 4. The van der Waals surface area contributed by atoms with Gasteiger partial charge in [-0.1, -0.05) is 46.0 Å². The number of hydrogen-bond acceptors (Lipinski definition) is 8. The van der Waals surface area contributed by atoms with Crippen LogP contribution in [0.2, 0.25) is 15.1 Å². The first-order valence-electron chi connectivity index (χ1n) is 12.0. The number of ether oxygens (including phenoxy) is 1. The predicted octanol–water partition coefficient (Wildman–Crippen LogP) is 6.27. The van der Waals surface area contributed by atoms with Crippen LogP contribution < -0.4 is 9.64 Å². The number of β-amino-alcohol motifs (C(OH)–C–C–N with tert-alkyl or cyclic N) is 1. The molecule has 1 aliphatic carbocycles. The molecular weight excluding hydrogens is 568 g/mol. The van der Waals surface area contributed by atoms with Crippen molar-refractivity contribution in [3.8, 4) is 23.1 Å². The van der Waals surface area contributed by atoms with E-state index < -0.39 is 11.4 Å². The molecule has 6 rings (SSSR count). The van der Waals surface area contributed by atoms with Crippen LogP contribution in [0.15, 0.2) is 47.4 Å². The highest BCUT2D eigenvalue weighted by Gasteiger charge is 2.45. The smallest absolute Gasteiger partial charge is 0.166 e. The molecule has 0 unspecified atom stereocenters. The first kappa shape index (κ1) is 25.8. The van der Waals surface area contributed by atoms with Gasteiger partial charge in [-0.05, 0) is 31.0 Å². The van der Waals surface area contributed by atoms with Gasteiger partial charge in [0, 0.05) is 35.6 Å². The van der Waals surface area contributed by atoms with Crippen LogP contribution in [0.3, 0.4) is 0 Å². The summed E-state index contributed by atoms with van der Waals surface area (Å²) in [6, 6.07) is 7.98. The largest absolute Gasteiger partial charge is 0.489 e. The summed E-state index contributed by atoms with van der Waals surface area (Å²) in [5.74, 6) is 0.925. The summed E-state index contributed by atoms with van der Waals surface area (Å²) in [5, 5.41) is 25.3. The number of rotatable bonds is 7. The zero-order valence-corrected chi connectivity index (χ0v) is 22.4. The van der Waals surface area contributed by atoms with E-state index in [0.29, 0.717) is 37.6 Å². The van der Waals surface area contributed by atoms with Crippen molar-refractivity contribution >= 4 is 40.6 Å². The Morgan fingerprint density at radius 3 is 2.51 bits per heavy atom. The third-order valence-electron chi connectivity index (χ3n) is 6.84. The third-order valence-corrected chi connectivity index (χ3v) is 7.72. The molecule has 2 aliphatic rings. The Labute approximate surface area is 237 Å². The predicted molar refractivity (Wildman–Crippen MR) is 143 cm³/mol. The maximum atomic E-state index is 14.4. The first-order valence-corrected chi connectivity index (χ1v) is 13.1. The van der Waals surface area contributed by atoms with Crippen molar-refractivity contribution in [2.24, 2.45) is 0 Å². The number of hydrogen-bond donors (Lipinski definition) is 1. The Kier molecular flexibility index (Phi) is 6.60. The zero-order chi connectivity index (χ0) is 27.3. The van der Waals surface area contributed by atoms with Gasteiger partial charge in [0.25, 0.3) is 0 Å². The number of pyridine rings is 2. The molecule has 0 bridgehead atoms. The minimum Gasteiger partial charge on any atom is -0.489 e. The highest BCUT2D eigenvalue weighted by molar-refractivity contribution is 6.38. The normalized spacial score (nSPS) is 16.1. The molecule has 39 heavy (non-hydrogen) atoms. The molecule has 1 aromatic carbocycles. The Bertz CT molecular complexity index is 1610. The molecule has 1 saturated carbocycles. The summed E-state index contributed by atoms with van der Waals surface area (Å²) in [6.45, 7) is 0.312. The molecular formula is C27H19Cl3FN5O3. The minimum absolute atomic E-state index is 0.0696. The van der Waals surface area contributed by atoms with Gasteiger partial charge in [-0.2, -0.15) is 5.26 Å². The fourth-order valence-electron chi connectivity index (χ4n) is 4.71. The molecule has 0 radical (unpaired) electrons. The SMILES string of the molecule is N#Cc1cnc(N2CC(O)(c3ccc(OCc4c(-c5c(Cl)cncc5Cl)noc4C4CC4)cc3Cl)C2)c(F)c1. The fourth-order valence-corrected chi connectivity index (χ4v) is 5.60. The minimum atomic E-state index is -1.30. The molecule has 8 nitrogen and oxygen atoms in total. The number of benzene rings is 1. The second-order valence-corrected chi connectivity index (χ2v) is 10.8. The maximum Gasteiger partial charge on any atom is 0.166 e. The fraction of sp³-hybridized carbons (Fsp3) is 0.259. The summed E-state index contributed by atoms with van der Waals surface area (Å²) < 4.78 is 26.1. The van der Waals surface area contributed by atoms with E-state index >= 15 is 0 Å². The van der Waals surface area contributed by atoms with E-state index in [-0.39, 0.29) is 37.0 Å². The number of nitrogens with zero attached hydrogens (tertiary/aromatic N) is 5. The van der Waals surface area contributed by atoms with Crippen molar-refractivity contribution in [1.29, 1.82) is 5.26 Å². The van der Waals surface area contributed by atoms with E-state index in [9.17, 15) is 9.50 Å². The van der Waals surface area contributed by atoms with E-state index in [1.165, 1.54) is 18.6 Å². The molecule has 1 aliphatic heterocycles. The standard InChI is InChI=1S/C27H19Cl3FN5O3/c28-19-6-16(3-4-18(19)27(37)12-36(13-27)26-22(31)5-14(7-32)8-34-26)38-11-17-24(35-39-25(17)15-1-2-15)23-20(29)9-33-10-21(23)30/h3-6,8-10,15,37H,1-2,11-13H2. The van der Waals surface area contributed by atoms with E-state index in [2.05, 4.69) is 15.1 Å². The Morgan fingerprint density at radius 2 is 1.87 bits per heavy atom. The van der Waals surface area contributed by atoms with Crippen LogP contribution in [0.1, 0.15) is 41.2 Å². The topological polar surface area (TPSA) is 108 Å². The van der Waals surface area contributed by atoms with Crippen LogP contribution in [0, 0.1) is 17.1 Å². The van der Waals surface area contributed by atoms with Crippen molar-refractivity contribution in [2.75, 3.05) is 18.0 Å². The quantitative estimate of drug-likeness (QED) is 0.270. The van der Waals surface area contributed by atoms with Crippen molar-refractivity contribution in [2.45, 2.75) is 31.0 Å². The first-order chi connectivity index (χ1) is 18.8. The van der Waals surface area contributed by atoms with Gasteiger partial charge in [0.05, 0.1) is 39.3 Å². The molecule has 4 heterocycles. The molecule has 1 saturated heterocycles. The Morgan fingerprint density at radius 1 is 1.13 bits per heavy atom.